The van der Waals surface area contributed by atoms with E-state index >= 15 is 0 Å². The van der Waals surface area contributed by atoms with E-state index in [1.807, 2.05) is 6.92 Å². The van der Waals surface area contributed by atoms with E-state index in [9.17, 15) is 14.7 Å². The lowest BCUT2D eigenvalue weighted by atomic mass is 9.90. The van der Waals surface area contributed by atoms with Gasteiger partial charge in [-0.15, -0.1) is 0 Å². The molecule has 2 rings (SSSR count). The number of nitrogens with one attached hydrogen (secondary N) is 1. The van der Waals surface area contributed by atoms with Gasteiger partial charge in [0.1, 0.15) is 6.04 Å². The smallest absolute Gasteiger partial charge is 0.326 e. The third kappa shape index (κ3) is 4.09. The standard InChI is InChI=1S/C15H26N2O4/c1-2-3-6-11(14(18)19)16-15(20)17-9-10-21-13-8-5-4-7-12(13)17/h11-13H,2-10H2,1H3,(H,16,20)(H,18,19)/t11-,12?,13?/m0/s1. The predicted octanol–water partition coefficient (Wildman–Crippen LogP) is 1.98. The fourth-order valence-electron chi connectivity index (χ4n) is 3.25. The molecule has 2 unspecified atom stereocenters. The van der Waals surface area contributed by atoms with Crippen molar-refractivity contribution in [2.24, 2.45) is 0 Å². The van der Waals surface area contributed by atoms with Crippen molar-refractivity contribution in [3.8, 4) is 0 Å². The number of ether oxygens (including phenoxy) is 1. The molecule has 0 bridgehead atoms. The average Bonchev–Trinajstić information content (AvgIpc) is 2.50. The van der Waals surface area contributed by atoms with Gasteiger partial charge in [0.05, 0.1) is 18.8 Å². The summed E-state index contributed by atoms with van der Waals surface area (Å²) in [6, 6.07) is -0.936. The molecule has 6 nitrogen and oxygen atoms in total. The van der Waals surface area contributed by atoms with Crippen LogP contribution in [-0.2, 0) is 9.53 Å². The van der Waals surface area contributed by atoms with Crippen LogP contribution in [0.4, 0.5) is 4.79 Å². The van der Waals surface area contributed by atoms with Gasteiger partial charge in [-0.25, -0.2) is 9.59 Å². The number of nitrogens with zero attached hydrogens (tertiary/aromatic N) is 1. The van der Waals surface area contributed by atoms with Gasteiger partial charge in [-0.3, -0.25) is 0 Å². The van der Waals surface area contributed by atoms with Gasteiger partial charge in [0.25, 0.3) is 0 Å². The Bertz CT molecular complexity index is 373. The number of carbonyl (C=O) groups excluding carboxylic acids is 1. The Hall–Kier alpha value is -1.30. The summed E-state index contributed by atoms with van der Waals surface area (Å²) >= 11 is 0. The minimum Gasteiger partial charge on any atom is -0.480 e. The van der Waals surface area contributed by atoms with Gasteiger partial charge in [0.15, 0.2) is 0 Å². The average molecular weight is 298 g/mol. The first-order valence-corrected chi connectivity index (χ1v) is 8.05. The summed E-state index contributed by atoms with van der Waals surface area (Å²) in [6.45, 7) is 3.10. The Kier molecular flexibility index (Phi) is 5.85. The second-order valence-corrected chi connectivity index (χ2v) is 5.94. The second-order valence-electron chi connectivity index (χ2n) is 5.94. The minimum absolute atomic E-state index is 0.105. The van der Waals surface area contributed by atoms with E-state index in [0.29, 0.717) is 19.6 Å². The Balaban J connectivity index is 1.95. The van der Waals surface area contributed by atoms with Crippen LogP contribution < -0.4 is 5.32 Å². The highest BCUT2D eigenvalue weighted by Gasteiger charge is 2.37. The highest BCUT2D eigenvalue weighted by atomic mass is 16.5. The topological polar surface area (TPSA) is 78.9 Å². The fourth-order valence-corrected chi connectivity index (χ4v) is 3.25. The molecule has 0 spiro atoms. The first-order chi connectivity index (χ1) is 10.1. The predicted molar refractivity (Wildman–Crippen MR) is 78.2 cm³/mol. The highest BCUT2D eigenvalue weighted by molar-refractivity contribution is 5.82. The third-order valence-electron chi connectivity index (χ3n) is 4.44. The van der Waals surface area contributed by atoms with Crippen LogP contribution in [0.2, 0.25) is 0 Å². The maximum Gasteiger partial charge on any atom is 0.326 e. The summed E-state index contributed by atoms with van der Waals surface area (Å²) in [6.07, 6.45) is 6.51. The first kappa shape index (κ1) is 16.1. The number of unbranched alkanes of at least 4 members (excludes halogenated alkanes) is 1. The molecule has 2 fully saturated rings. The van der Waals surface area contributed by atoms with E-state index in [1.54, 1.807) is 4.90 Å². The summed E-state index contributed by atoms with van der Waals surface area (Å²) in [4.78, 5) is 25.5. The molecule has 120 valence electrons. The second kappa shape index (κ2) is 7.64. The number of urea groups is 1. The molecule has 21 heavy (non-hydrogen) atoms. The molecule has 1 saturated carbocycles. The number of hydrogen-bond acceptors (Lipinski definition) is 3. The van der Waals surface area contributed by atoms with Gasteiger partial charge in [0.2, 0.25) is 0 Å². The number of fused-ring (bicyclic) bond motifs is 1. The van der Waals surface area contributed by atoms with E-state index in [-0.39, 0.29) is 18.2 Å². The molecule has 1 aliphatic carbocycles. The largest absolute Gasteiger partial charge is 0.480 e. The molecule has 0 radical (unpaired) electrons. The molecule has 0 aromatic rings. The van der Waals surface area contributed by atoms with Crippen LogP contribution in [0, 0.1) is 0 Å². The maximum atomic E-state index is 12.4. The zero-order valence-corrected chi connectivity index (χ0v) is 12.7. The zero-order chi connectivity index (χ0) is 15.2. The molecule has 2 N–H and O–H groups in total. The lowest BCUT2D eigenvalue weighted by Gasteiger charge is -2.43. The van der Waals surface area contributed by atoms with Crippen molar-refractivity contribution in [2.45, 2.75) is 70.1 Å². The normalized spacial score (nSPS) is 26.8. The van der Waals surface area contributed by atoms with Gasteiger partial charge in [-0.05, 0) is 19.3 Å². The monoisotopic (exact) mass is 298 g/mol. The van der Waals surface area contributed by atoms with Crippen LogP contribution in [0.1, 0.15) is 51.9 Å². The number of aliphatic carboxylic acids is 1. The molecule has 6 heteroatoms. The number of amides is 2. The summed E-state index contributed by atoms with van der Waals surface area (Å²) in [7, 11) is 0. The minimum atomic E-state index is -0.953. The molecular weight excluding hydrogens is 272 g/mol. The Labute approximate surface area is 125 Å². The highest BCUT2D eigenvalue weighted by Crippen LogP contribution is 2.28. The van der Waals surface area contributed by atoms with Crippen LogP contribution >= 0.6 is 0 Å². The molecule has 2 amide bonds. The Morgan fingerprint density at radius 1 is 1.38 bits per heavy atom. The lowest BCUT2D eigenvalue weighted by molar-refractivity contribution is -0.139. The zero-order valence-electron chi connectivity index (χ0n) is 12.7. The number of carbonyl (C=O) groups is 2. The summed E-state index contributed by atoms with van der Waals surface area (Å²) in [5.74, 6) is -0.953. The molecule has 1 saturated heterocycles. The van der Waals surface area contributed by atoms with Crippen LogP contribution in [0.25, 0.3) is 0 Å². The van der Waals surface area contributed by atoms with Crippen molar-refractivity contribution in [2.75, 3.05) is 13.2 Å². The lowest BCUT2D eigenvalue weighted by Crippen LogP contribution is -2.59. The van der Waals surface area contributed by atoms with Crippen LogP contribution in [0.15, 0.2) is 0 Å². The van der Waals surface area contributed by atoms with Crippen LogP contribution in [0.3, 0.4) is 0 Å². The van der Waals surface area contributed by atoms with E-state index < -0.39 is 12.0 Å². The number of carboxylic acid groups (broad SMARTS) is 1. The van der Waals surface area contributed by atoms with Crippen molar-refractivity contribution in [3.63, 3.8) is 0 Å². The molecule has 1 aliphatic heterocycles. The number of hydrogen-bond donors (Lipinski definition) is 2. The van der Waals surface area contributed by atoms with Crippen molar-refractivity contribution >= 4 is 12.0 Å². The maximum absolute atomic E-state index is 12.4. The van der Waals surface area contributed by atoms with Crippen molar-refractivity contribution in [1.29, 1.82) is 0 Å². The van der Waals surface area contributed by atoms with E-state index in [0.717, 1.165) is 38.5 Å². The van der Waals surface area contributed by atoms with Gasteiger partial charge in [0, 0.05) is 6.54 Å². The molecule has 1 heterocycles. The third-order valence-corrected chi connectivity index (χ3v) is 4.44. The Morgan fingerprint density at radius 3 is 2.86 bits per heavy atom. The number of morpholine rings is 1. The Morgan fingerprint density at radius 2 is 2.14 bits per heavy atom. The SMILES string of the molecule is CCCC[C@H](NC(=O)N1CCOC2CCCCC21)C(=O)O. The summed E-state index contributed by atoms with van der Waals surface area (Å²) in [5, 5.41) is 11.9. The summed E-state index contributed by atoms with van der Waals surface area (Å²) in [5.41, 5.74) is 0. The quantitative estimate of drug-likeness (QED) is 0.813. The van der Waals surface area contributed by atoms with Crippen LogP contribution in [-0.4, -0.2) is 53.3 Å². The van der Waals surface area contributed by atoms with E-state index in [2.05, 4.69) is 5.32 Å². The van der Waals surface area contributed by atoms with E-state index in [4.69, 9.17) is 4.74 Å². The van der Waals surface area contributed by atoms with Crippen molar-refractivity contribution < 1.29 is 19.4 Å². The molecular formula is C15H26N2O4. The summed E-state index contributed by atoms with van der Waals surface area (Å²) < 4.78 is 5.74. The number of rotatable bonds is 5. The molecule has 0 aromatic heterocycles. The van der Waals surface area contributed by atoms with Crippen molar-refractivity contribution in [1.82, 2.24) is 10.2 Å². The fraction of sp³-hybridized carbons (Fsp3) is 0.867. The van der Waals surface area contributed by atoms with E-state index in [1.165, 1.54) is 0 Å². The van der Waals surface area contributed by atoms with Gasteiger partial charge in [-0.2, -0.15) is 0 Å². The van der Waals surface area contributed by atoms with Crippen LogP contribution in [0.5, 0.6) is 0 Å². The number of carboxylic acids is 1. The van der Waals surface area contributed by atoms with Gasteiger partial charge >= 0.3 is 12.0 Å². The molecule has 3 atom stereocenters. The van der Waals surface area contributed by atoms with Gasteiger partial charge in [-0.1, -0.05) is 32.6 Å². The molecule has 0 aromatic carbocycles. The first-order valence-electron chi connectivity index (χ1n) is 8.05. The van der Waals surface area contributed by atoms with Crippen molar-refractivity contribution in [3.05, 3.63) is 0 Å². The molecule has 2 aliphatic rings. The van der Waals surface area contributed by atoms with Gasteiger partial charge < -0.3 is 20.1 Å².